The van der Waals surface area contributed by atoms with E-state index in [1.807, 2.05) is 44.2 Å². The van der Waals surface area contributed by atoms with Gasteiger partial charge >= 0.3 is 0 Å². The SMILES string of the molecule is CCC.Cc1c(-c2ccc(-c3ccccc3F)cc2)nc2ccc(F)cc2c1C. The summed E-state index contributed by atoms with van der Waals surface area (Å²) < 4.78 is 27.5. The number of benzene rings is 3. The zero-order chi connectivity index (χ0) is 21.0. The summed E-state index contributed by atoms with van der Waals surface area (Å²) in [6.45, 7) is 8.22. The molecule has 0 bridgehead atoms. The second-order valence-electron chi connectivity index (χ2n) is 7.14. The van der Waals surface area contributed by atoms with Crippen LogP contribution in [0.5, 0.6) is 0 Å². The maximum Gasteiger partial charge on any atom is 0.131 e. The largest absolute Gasteiger partial charge is 0.247 e. The zero-order valence-corrected chi connectivity index (χ0v) is 17.3. The Hall–Kier alpha value is -3.07. The topological polar surface area (TPSA) is 12.9 Å². The fourth-order valence-corrected chi connectivity index (χ4v) is 3.27. The summed E-state index contributed by atoms with van der Waals surface area (Å²) >= 11 is 0. The van der Waals surface area contributed by atoms with E-state index < -0.39 is 0 Å². The van der Waals surface area contributed by atoms with Gasteiger partial charge in [0.1, 0.15) is 11.6 Å². The first-order valence-electron chi connectivity index (χ1n) is 9.88. The maximum atomic E-state index is 14.0. The Balaban J connectivity index is 0.000000755. The van der Waals surface area contributed by atoms with E-state index in [9.17, 15) is 8.78 Å². The fraction of sp³-hybridized carbons (Fsp3) is 0.192. The van der Waals surface area contributed by atoms with Gasteiger partial charge in [0.2, 0.25) is 0 Å². The third kappa shape index (κ3) is 4.34. The Labute approximate surface area is 171 Å². The van der Waals surface area contributed by atoms with Crippen molar-refractivity contribution in [3.63, 3.8) is 0 Å². The molecule has 0 saturated heterocycles. The van der Waals surface area contributed by atoms with Gasteiger partial charge in [-0.1, -0.05) is 62.7 Å². The Bertz CT molecular complexity index is 1130. The Morgan fingerprint density at radius 3 is 2.03 bits per heavy atom. The van der Waals surface area contributed by atoms with Crippen LogP contribution < -0.4 is 0 Å². The van der Waals surface area contributed by atoms with Crippen LogP contribution in [0.2, 0.25) is 0 Å². The van der Waals surface area contributed by atoms with E-state index in [2.05, 4.69) is 13.8 Å². The normalized spacial score (nSPS) is 10.6. The second-order valence-corrected chi connectivity index (χ2v) is 7.14. The number of fused-ring (bicyclic) bond motifs is 1. The molecule has 0 aliphatic rings. The molecular formula is C26H25F2N. The van der Waals surface area contributed by atoms with E-state index in [-0.39, 0.29) is 11.6 Å². The van der Waals surface area contributed by atoms with Crippen molar-refractivity contribution in [2.24, 2.45) is 0 Å². The van der Waals surface area contributed by atoms with E-state index in [0.717, 1.165) is 38.9 Å². The van der Waals surface area contributed by atoms with Gasteiger partial charge in [0.25, 0.3) is 0 Å². The van der Waals surface area contributed by atoms with Gasteiger partial charge in [-0.15, -0.1) is 0 Å². The Morgan fingerprint density at radius 2 is 1.38 bits per heavy atom. The van der Waals surface area contributed by atoms with E-state index in [1.165, 1.54) is 24.6 Å². The first-order chi connectivity index (χ1) is 14.0. The molecule has 0 aliphatic carbocycles. The first-order valence-corrected chi connectivity index (χ1v) is 9.88. The van der Waals surface area contributed by atoms with Crippen molar-refractivity contribution in [2.45, 2.75) is 34.1 Å². The molecule has 0 amide bonds. The first kappa shape index (κ1) is 20.7. The lowest BCUT2D eigenvalue weighted by atomic mass is 9.97. The molecule has 0 saturated carbocycles. The van der Waals surface area contributed by atoms with Crippen LogP contribution in [0.1, 0.15) is 31.4 Å². The predicted molar refractivity (Wildman–Crippen MR) is 118 cm³/mol. The molecule has 4 rings (SSSR count). The van der Waals surface area contributed by atoms with Crippen LogP contribution >= 0.6 is 0 Å². The highest BCUT2D eigenvalue weighted by Gasteiger charge is 2.12. The van der Waals surface area contributed by atoms with Crippen molar-refractivity contribution in [2.75, 3.05) is 0 Å². The molecule has 29 heavy (non-hydrogen) atoms. The molecule has 0 atom stereocenters. The van der Waals surface area contributed by atoms with Gasteiger partial charge in [-0.3, -0.25) is 0 Å². The van der Waals surface area contributed by atoms with Crippen LogP contribution in [0.15, 0.2) is 66.7 Å². The minimum Gasteiger partial charge on any atom is -0.247 e. The van der Waals surface area contributed by atoms with Crippen LogP contribution in [0.3, 0.4) is 0 Å². The van der Waals surface area contributed by atoms with Crippen LogP contribution in [0, 0.1) is 25.5 Å². The Morgan fingerprint density at radius 1 is 0.759 bits per heavy atom. The third-order valence-electron chi connectivity index (χ3n) is 4.86. The summed E-state index contributed by atoms with van der Waals surface area (Å²) in [4.78, 5) is 4.73. The lowest BCUT2D eigenvalue weighted by molar-refractivity contribution is 0.629. The average Bonchev–Trinajstić information content (AvgIpc) is 2.72. The number of hydrogen-bond acceptors (Lipinski definition) is 1. The van der Waals surface area contributed by atoms with Gasteiger partial charge in [-0.25, -0.2) is 13.8 Å². The lowest BCUT2D eigenvalue weighted by Crippen LogP contribution is -1.95. The smallest absolute Gasteiger partial charge is 0.131 e. The molecule has 1 heterocycles. The third-order valence-corrected chi connectivity index (χ3v) is 4.86. The molecule has 0 N–H and O–H groups in total. The van der Waals surface area contributed by atoms with Crippen molar-refractivity contribution in [1.29, 1.82) is 0 Å². The molecule has 148 valence electrons. The highest BCUT2D eigenvalue weighted by atomic mass is 19.1. The van der Waals surface area contributed by atoms with Crippen molar-refractivity contribution in [3.05, 3.63) is 89.5 Å². The summed E-state index contributed by atoms with van der Waals surface area (Å²) in [5.41, 5.74) is 6.02. The fourth-order valence-electron chi connectivity index (χ4n) is 3.27. The summed E-state index contributed by atoms with van der Waals surface area (Å²) in [6, 6.07) is 19.1. The number of nitrogens with zero attached hydrogens (tertiary/aromatic N) is 1. The van der Waals surface area contributed by atoms with Crippen molar-refractivity contribution in [3.8, 4) is 22.4 Å². The molecule has 0 fully saturated rings. The second kappa shape index (κ2) is 8.95. The standard InChI is InChI=1S/C23H17F2N.C3H8/c1-14-15(2)23(26-22-12-11-18(24)13-20(14)22)17-9-7-16(8-10-17)19-5-3-4-6-21(19)25;1-3-2/h3-13H,1-2H3;3H2,1-2H3. The molecule has 1 aromatic heterocycles. The summed E-state index contributed by atoms with van der Waals surface area (Å²) in [6.07, 6.45) is 1.25. The molecule has 3 aromatic carbocycles. The van der Waals surface area contributed by atoms with Gasteiger partial charge in [-0.2, -0.15) is 0 Å². The molecule has 0 aliphatic heterocycles. The van der Waals surface area contributed by atoms with Gasteiger partial charge in [0.05, 0.1) is 11.2 Å². The maximum absolute atomic E-state index is 14.0. The predicted octanol–water partition coefficient (Wildman–Crippen LogP) is 7.88. The monoisotopic (exact) mass is 389 g/mol. The van der Waals surface area contributed by atoms with Gasteiger partial charge in [0, 0.05) is 16.5 Å². The molecule has 0 radical (unpaired) electrons. The quantitative estimate of drug-likeness (QED) is 0.340. The number of aromatic nitrogens is 1. The minimum absolute atomic E-state index is 0.238. The molecular weight excluding hydrogens is 364 g/mol. The number of pyridine rings is 1. The van der Waals surface area contributed by atoms with E-state index in [1.54, 1.807) is 18.2 Å². The molecule has 0 spiro atoms. The van der Waals surface area contributed by atoms with E-state index in [4.69, 9.17) is 4.98 Å². The van der Waals surface area contributed by atoms with Gasteiger partial charge in [-0.05, 0) is 54.8 Å². The molecule has 0 unspecified atom stereocenters. The van der Waals surface area contributed by atoms with Crippen LogP contribution in [-0.4, -0.2) is 4.98 Å². The van der Waals surface area contributed by atoms with Crippen molar-refractivity contribution >= 4 is 10.9 Å². The molecule has 3 heteroatoms. The number of halogens is 2. The number of hydrogen-bond donors (Lipinski definition) is 0. The summed E-state index contributed by atoms with van der Waals surface area (Å²) in [7, 11) is 0. The minimum atomic E-state index is -0.260. The zero-order valence-electron chi connectivity index (χ0n) is 17.3. The molecule has 1 nitrogen and oxygen atoms in total. The van der Waals surface area contributed by atoms with Crippen LogP contribution in [-0.2, 0) is 0 Å². The van der Waals surface area contributed by atoms with Gasteiger partial charge in [0.15, 0.2) is 0 Å². The summed E-state index contributed by atoms with van der Waals surface area (Å²) in [5, 5.41) is 0.828. The number of aryl methyl sites for hydroxylation is 1. The van der Waals surface area contributed by atoms with Crippen molar-refractivity contribution in [1.82, 2.24) is 4.98 Å². The van der Waals surface area contributed by atoms with E-state index in [0.29, 0.717) is 5.56 Å². The van der Waals surface area contributed by atoms with E-state index >= 15 is 0 Å². The van der Waals surface area contributed by atoms with Crippen LogP contribution in [0.25, 0.3) is 33.3 Å². The molecule has 4 aromatic rings. The highest BCUT2D eigenvalue weighted by molar-refractivity contribution is 5.87. The summed E-state index contributed by atoms with van der Waals surface area (Å²) in [5.74, 6) is -0.498. The Kier molecular flexibility index (Phi) is 6.38. The highest BCUT2D eigenvalue weighted by Crippen LogP contribution is 2.31. The average molecular weight is 389 g/mol. The van der Waals surface area contributed by atoms with Crippen LogP contribution in [0.4, 0.5) is 8.78 Å². The lowest BCUT2D eigenvalue weighted by Gasteiger charge is -2.12. The van der Waals surface area contributed by atoms with Crippen molar-refractivity contribution < 1.29 is 8.78 Å². The number of rotatable bonds is 2. The van der Waals surface area contributed by atoms with Gasteiger partial charge < -0.3 is 0 Å².